The highest BCUT2D eigenvalue weighted by molar-refractivity contribution is 6.31. The topological polar surface area (TPSA) is 15.8 Å². The van der Waals surface area contributed by atoms with Crippen LogP contribution in [0.1, 0.15) is 64.0 Å². The molecule has 20 heavy (non-hydrogen) atoms. The maximum atomic E-state index is 6.01. The minimum atomic E-state index is 0.804. The van der Waals surface area contributed by atoms with Crippen LogP contribution in [0, 0.1) is 0 Å². The summed E-state index contributed by atoms with van der Waals surface area (Å²) in [5, 5.41) is 2.07. The molecular weight excluding hydrogens is 266 g/mol. The van der Waals surface area contributed by atoms with Gasteiger partial charge in [-0.1, -0.05) is 69.5 Å². The van der Waals surface area contributed by atoms with Crippen molar-refractivity contribution >= 4 is 22.5 Å². The Kier molecular flexibility index (Phi) is 6.46. The first-order chi connectivity index (χ1) is 9.79. The Balaban J connectivity index is 1.65. The molecule has 0 aliphatic heterocycles. The fourth-order valence-corrected chi connectivity index (χ4v) is 2.92. The van der Waals surface area contributed by atoms with Gasteiger partial charge < -0.3 is 4.98 Å². The number of H-pyrrole nitrogens is 1. The highest BCUT2D eigenvalue weighted by atomic mass is 35.5. The second kappa shape index (κ2) is 8.36. The van der Waals surface area contributed by atoms with Crippen molar-refractivity contribution in [2.24, 2.45) is 0 Å². The molecule has 0 bridgehead atoms. The Morgan fingerprint density at radius 1 is 0.900 bits per heavy atom. The minimum Gasteiger partial charge on any atom is -0.358 e. The zero-order valence-electron chi connectivity index (χ0n) is 12.6. The van der Waals surface area contributed by atoms with Gasteiger partial charge in [0.2, 0.25) is 0 Å². The molecule has 0 amide bonds. The third kappa shape index (κ3) is 4.86. The lowest BCUT2D eigenvalue weighted by Crippen LogP contribution is -1.86. The van der Waals surface area contributed by atoms with Crippen molar-refractivity contribution in [1.29, 1.82) is 0 Å². The molecule has 0 unspecified atom stereocenters. The van der Waals surface area contributed by atoms with E-state index in [0.717, 1.165) is 17.0 Å². The van der Waals surface area contributed by atoms with Crippen LogP contribution in [-0.4, -0.2) is 4.98 Å². The predicted molar refractivity (Wildman–Crippen MR) is 89.6 cm³/mol. The lowest BCUT2D eigenvalue weighted by atomic mass is 10.1. The van der Waals surface area contributed by atoms with Gasteiger partial charge in [0.15, 0.2) is 0 Å². The number of aromatic amines is 1. The fourth-order valence-electron chi connectivity index (χ4n) is 2.74. The minimum absolute atomic E-state index is 0.804. The van der Waals surface area contributed by atoms with E-state index in [4.69, 9.17) is 11.6 Å². The average Bonchev–Trinajstić information content (AvgIpc) is 2.83. The number of halogens is 1. The van der Waals surface area contributed by atoms with Crippen LogP contribution in [0.3, 0.4) is 0 Å². The van der Waals surface area contributed by atoms with E-state index in [1.807, 2.05) is 12.1 Å². The lowest BCUT2D eigenvalue weighted by molar-refractivity contribution is 0.574. The van der Waals surface area contributed by atoms with Crippen LogP contribution in [-0.2, 0) is 6.42 Å². The van der Waals surface area contributed by atoms with Crippen molar-refractivity contribution in [2.75, 3.05) is 0 Å². The molecule has 2 heteroatoms. The van der Waals surface area contributed by atoms with Gasteiger partial charge in [0.05, 0.1) is 0 Å². The van der Waals surface area contributed by atoms with Gasteiger partial charge in [0, 0.05) is 16.2 Å². The second-order valence-electron chi connectivity index (χ2n) is 5.75. The molecule has 110 valence electrons. The van der Waals surface area contributed by atoms with Gasteiger partial charge in [0.1, 0.15) is 0 Å². The van der Waals surface area contributed by atoms with Crippen LogP contribution < -0.4 is 0 Å². The van der Waals surface area contributed by atoms with E-state index in [2.05, 4.69) is 24.0 Å². The van der Waals surface area contributed by atoms with E-state index in [1.165, 1.54) is 62.4 Å². The standard InChI is InChI=1S/C18H26ClN/c1-2-3-4-5-6-7-8-9-10-17-13-15-11-12-16(19)14-18(15)20-17/h11-14,20H,2-10H2,1H3. The highest BCUT2D eigenvalue weighted by Gasteiger charge is 2.01. The van der Waals surface area contributed by atoms with Gasteiger partial charge in [-0.05, 0) is 36.4 Å². The number of aryl methyl sites for hydroxylation is 1. The van der Waals surface area contributed by atoms with Gasteiger partial charge in [-0.25, -0.2) is 0 Å². The Morgan fingerprint density at radius 3 is 2.35 bits per heavy atom. The lowest BCUT2D eigenvalue weighted by Gasteiger charge is -2.01. The summed E-state index contributed by atoms with van der Waals surface area (Å²) in [6.45, 7) is 2.27. The largest absolute Gasteiger partial charge is 0.358 e. The molecule has 1 aromatic heterocycles. The van der Waals surface area contributed by atoms with Crippen LogP contribution in [0.5, 0.6) is 0 Å². The number of aromatic nitrogens is 1. The summed E-state index contributed by atoms with van der Waals surface area (Å²) in [7, 11) is 0. The summed E-state index contributed by atoms with van der Waals surface area (Å²) in [5.74, 6) is 0. The number of benzene rings is 1. The number of hydrogen-bond acceptors (Lipinski definition) is 0. The summed E-state index contributed by atoms with van der Waals surface area (Å²) in [6.07, 6.45) is 12.1. The number of hydrogen-bond donors (Lipinski definition) is 1. The van der Waals surface area contributed by atoms with Crippen LogP contribution in [0.4, 0.5) is 0 Å². The van der Waals surface area contributed by atoms with Crippen molar-refractivity contribution in [3.63, 3.8) is 0 Å². The van der Waals surface area contributed by atoms with Gasteiger partial charge >= 0.3 is 0 Å². The first-order valence-electron chi connectivity index (χ1n) is 8.07. The molecule has 0 fully saturated rings. The summed E-state index contributed by atoms with van der Waals surface area (Å²) >= 11 is 6.01. The highest BCUT2D eigenvalue weighted by Crippen LogP contribution is 2.21. The van der Waals surface area contributed by atoms with Crippen LogP contribution in [0.25, 0.3) is 10.9 Å². The van der Waals surface area contributed by atoms with Gasteiger partial charge in [-0.3, -0.25) is 0 Å². The molecule has 0 aliphatic carbocycles. The zero-order chi connectivity index (χ0) is 14.2. The van der Waals surface area contributed by atoms with E-state index in [-0.39, 0.29) is 0 Å². The molecule has 0 atom stereocenters. The van der Waals surface area contributed by atoms with Gasteiger partial charge in [-0.2, -0.15) is 0 Å². The maximum absolute atomic E-state index is 6.01. The Bertz CT molecular complexity index is 515. The molecule has 0 radical (unpaired) electrons. The fraction of sp³-hybridized carbons (Fsp3) is 0.556. The van der Waals surface area contributed by atoms with E-state index in [9.17, 15) is 0 Å². The number of rotatable bonds is 9. The smallest absolute Gasteiger partial charge is 0.0471 e. The predicted octanol–water partition coefficient (Wildman–Crippen LogP) is 6.50. The maximum Gasteiger partial charge on any atom is 0.0471 e. The third-order valence-electron chi connectivity index (χ3n) is 3.94. The summed E-state index contributed by atoms with van der Waals surface area (Å²) in [4.78, 5) is 3.47. The molecular formula is C18H26ClN. The Morgan fingerprint density at radius 2 is 1.60 bits per heavy atom. The monoisotopic (exact) mass is 291 g/mol. The van der Waals surface area contributed by atoms with Crippen molar-refractivity contribution in [3.8, 4) is 0 Å². The van der Waals surface area contributed by atoms with E-state index in [1.54, 1.807) is 0 Å². The number of fused-ring (bicyclic) bond motifs is 1. The molecule has 1 N–H and O–H groups in total. The Hall–Kier alpha value is -0.950. The van der Waals surface area contributed by atoms with Crippen molar-refractivity contribution in [1.82, 2.24) is 4.98 Å². The first-order valence-corrected chi connectivity index (χ1v) is 8.44. The quantitative estimate of drug-likeness (QED) is 0.507. The zero-order valence-corrected chi connectivity index (χ0v) is 13.3. The molecule has 0 aliphatic rings. The van der Waals surface area contributed by atoms with E-state index >= 15 is 0 Å². The summed E-state index contributed by atoms with van der Waals surface area (Å²) in [6, 6.07) is 8.31. The second-order valence-corrected chi connectivity index (χ2v) is 6.19. The van der Waals surface area contributed by atoms with Crippen LogP contribution >= 0.6 is 11.6 Å². The summed E-state index contributed by atoms with van der Waals surface area (Å²) in [5.41, 5.74) is 2.50. The molecule has 1 aromatic carbocycles. The van der Waals surface area contributed by atoms with Crippen molar-refractivity contribution in [3.05, 3.63) is 35.0 Å². The van der Waals surface area contributed by atoms with E-state index in [0.29, 0.717) is 0 Å². The average molecular weight is 292 g/mol. The molecule has 0 saturated carbocycles. The molecule has 2 rings (SSSR count). The molecule has 1 nitrogen and oxygen atoms in total. The van der Waals surface area contributed by atoms with Gasteiger partial charge in [0.25, 0.3) is 0 Å². The normalized spacial score (nSPS) is 11.3. The molecule has 1 heterocycles. The number of nitrogens with one attached hydrogen (secondary N) is 1. The molecule has 0 spiro atoms. The molecule has 2 aromatic rings. The van der Waals surface area contributed by atoms with Crippen molar-refractivity contribution in [2.45, 2.75) is 64.7 Å². The van der Waals surface area contributed by atoms with Crippen LogP contribution in [0.2, 0.25) is 5.02 Å². The summed E-state index contributed by atoms with van der Waals surface area (Å²) < 4.78 is 0. The number of unbranched alkanes of at least 4 members (excludes halogenated alkanes) is 7. The van der Waals surface area contributed by atoms with Crippen LogP contribution in [0.15, 0.2) is 24.3 Å². The first kappa shape index (κ1) is 15.4. The Labute approximate surface area is 127 Å². The SMILES string of the molecule is CCCCCCCCCCc1cc2ccc(Cl)cc2[nH]1. The van der Waals surface area contributed by atoms with Gasteiger partial charge in [-0.15, -0.1) is 0 Å². The van der Waals surface area contributed by atoms with E-state index < -0.39 is 0 Å². The third-order valence-corrected chi connectivity index (χ3v) is 4.18. The molecule has 0 saturated heterocycles. The van der Waals surface area contributed by atoms with Crippen molar-refractivity contribution < 1.29 is 0 Å².